The maximum absolute atomic E-state index is 13.3. The number of benzene rings is 1. The van der Waals surface area contributed by atoms with Crippen LogP contribution in [0.4, 0.5) is 10.1 Å². The highest BCUT2D eigenvalue weighted by Gasteiger charge is 2.20. The number of aryl methyl sites for hydroxylation is 2. The van der Waals surface area contributed by atoms with Crippen LogP contribution in [0, 0.1) is 19.7 Å². The second-order valence-corrected chi connectivity index (χ2v) is 5.41. The van der Waals surface area contributed by atoms with Gasteiger partial charge in [0.25, 0.3) is 5.91 Å². The lowest BCUT2D eigenvalue weighted by molar-refractivity contribution is 0.0607. The zero-order valence-electron chi connectivity index (χ0n) is 11.8. The first kappa shape index (κ1) is 15.2. The van der Waals surface area contributed by atoms with Gasteiger partial charge in [-0.3, -0.25) is 4.79 Å². The first-order valence-corrected chi connectivity index (χ1v) is 7.06. The molecule has 1 aromatic heterocycles. The summed E-state index contributed by atoms with van der Waals surface area (Å²) in [4.78, 5) is 24.3. The van der Waals surface area contributed by atoms with Crippen molar-refractivity contribution in [3.63, 3.8) is 0 Å². The second kappa shape index (κ2) is 6.05. The van der Waals surface area contributed by atoms with Crippen LogP contribution in [-0.4, -0.2) is 19.0 Å². The van der Waals surface area contributed by atoms with Crippen LogP contribution in [-0.2, 0) is 4.74 Å². The summed E-state index contributed by atoms with van der Waals surface area (Å²) in [5.41, 5.74) is 2.04. The molecule has 1 amide bonds. The lowest BCUT2D eigenvalue weighted by Crippen LogP contribution is -2.16. The lowest BCUT2D eigenvalue weighted by atomic mass is 10.1. The Balaban J connectivity index is 2.34. The third kappa shape index (κ3) is 3.11. The summed E-state index contributed by atoms with van der Waals surface area (Å²) in [7, 11) is 1.28. The van der Waals surface area contributed by atoms with Crippen molar-refractivity contribution >= 4 is 28.9 Å². The molecule has 0 spiro atoms. The quantitative estimate of drug-likeness (QED) is 0.882. The molecule has 0 saturated heterocycles. The minimum absolute atomic E-state index is 0.233. The van der Waals surface area contributed by atoms with Crippen LogP contribution in [0.1, 0.15) is 31.2 Å². The Morgan fingerprint density at radius 1 is 1.24 bits per heavy atom. The van der Waals surface area contributed by atoms with Crippen LogP contribution in [0.3, 0.4) is 0 Å². The molecule has 4 nitrogen and oxygen atoms in total. The SMILES string of the molecule is COC(=O)c1scc(C)c1NC(=O)c1cc(F)ccc1C. The zero-order valence-corrected chi connectivity index (χ0v) is 12.6. The van der Waals surface area contributed by atoms with E-state index in [-0.39, 0.29) is 5.56 Å². The van der Waals surface area contributed by atoms with Gasteiger partial charge in [0.15, 0.2) is 0 Å². The average molecular weight is 307 g/mol. The van der Waals surface area contributed by atoms with Crippen molar-refractivity contribution in [2.75, 3.05) is 12.4 Å². The number of amides is 1. The molecule has 2 aromatic rings. The van der Waals surface area contributed by atoms with Crippen molar-refractivity contribution in [1.29, 1.82) is 0 Å². The smallest absolute Gasteiger partial charge is 0.350 e. The molecule has 0 bridgehead atoms. The van der Waals surface area contributed by atoms with E-state index in [1.165, 1.54) is 36.6 Å². The van der Waals surface area contributed by atoms with Crippen LogP contribution in [0.2, 0.25) is 0 Å². The Bertz CT molecular complexity index is 709. The lowest BCUT2D eigenvalue weighted by Gasteiger charge is -2.09. The molecule has 1 heterocycles. The number of rotatable bonds is 3. The van der Waals surface area contributed by atoms with E-state index in [2.05, 4.69) is 10.1 Å². The van der Waals surface area contributed by atoms with E-state index in [0.717, 1.165) is 5.56 Å². The summed E-state index contributed by atoms with van der Waals surface area (Å²) >= 11 is 1.19. The van der Waals surface area contributed by atoms with E-state index in [1.807, 2.05) is 0 Å². The molecule has 1 N–H and O–H groups in total. The molecule has 0 radical (unpaired) electrons. The third-order valence-electron chi connectivity index (χ3n) is 3.03. The van der Waals surface area contributed by atoms with Crippen LogP contribution < -0.4 is 5.32 Å². The van der Waals surface area contributed by atoms with Gasteiger partial charge in [-0.05, 0) is 42.5 Å². The number of carbonyl (C=O) groups excluding carboxylic acids is 2. The van der Waals surface area contributed by atoms with Gasteiger partial charge >= 0.3 is 5.97 Å². The van der Waals surface area contributed by atoms with E-state index in [9.17, 15) is 14.0 Å². The van der Waals surface area contributed by atoms with Crippen LogP contribution in [0.15, 0.2) is 23.6 Å². The number of nitrogens with one attached hydrogen (secondary N) is 1. The third-order valence-corrected chi connectivity index (χ3v) is 4.11. The highest BCUT2D eigenvalue weighted by Crippen LogP contribution is 2.29. The van der Waals surface area contributed by atoms with Gasteiger partial charge in [-0.1, -0.05) is 6.07 Å². The number of esters is 1. The molecular formula is C15H14FNO3S. The maximum atomic E-state index is 13.3. The number of hydrogen-bond acceptors (Lipinski definition) is 4. The summed E-state index contributed by atoms with van der Waals surface area (Å²) in [6.45, 7) is 3.49. The number of carbonyl (C=O) groups is 2. The van der Waals surface area contributed by atoms with E-state index in [0.29, 0.717) is 16.1 Å². The highest BCUT2D eigenvalue weighted by molar-refractivity contribution is 7.12. The Labute approximate surface area is 125 Å². The van der Waals surface area contributed by atoms with Crippen molar-refractivity contribution in [3.8, 4) is 0 Å². The zero-order chi connectivity index (χ0) is 15.6. The number of methoxy groups -OCH3 is 1. The fourth-order valence-electron chi connectivity index (χ4n) is 1.86. The standard InChI is InChI=1S/C15H14FNO3S/c1-8-4-5-10(16)6-11(8)14(18)17-12-9(2)7-21-13(12)15(19)20-3/h4-7H,1-3H3,(H,17,18). The summed E-state index contributed by atoms with van der Waals surface area (Å²) in [6.07, 6.45) is 0. The monoisotopic (exact) mass is 307 g/mol. The van der Waals surface area contributed by atoms with E-state index < -0.39 is 17.7 Å². The Morgan fingerprint density at radius 3 is 2.62 bits per heavy atom. The molecule has 0 unspecified atom stereocenters. The molecule has 110 valence electrons. The van der Waals surface area contributed by atoms with E-state index in [1.54, 1.807) is 19.2 Å². The molecule has 0 atom stereocenters. The predicted octanol–water partition coefficient (Wildman–Crippen LogP) is 3.54. The second-order valence-electron chi connectivity index (χ2n) is 4.53. The molecule has 2 rings (SSSR count). The first-order chi connectivity index (χ1) is 9.93. The fourth-order valence-corrected chi connectivity index (χ4v) is 2.78. The fraction of sp³-hybridized carbons (Fsp3) is 0.200. The van der Waals surface area contributed by atoms with Gasteiger partial charge in [0.1, 0.15) is 10.7 Å². The molecule has 0 aliphatic heterocycles. The minimum atomic E-state index is -0.514. The van der Waals surface area contributed by atoms with Crippen molar-refractivity contribution in [2.45, 2.75) is 13.8 Å². The predicted molar refractivity (Wildman–Crippen MR) is 79.5 cm³/mol. The summed E-state index contributed by atoms with van der Waals surface area (Å²) < 4.78 is 18.0. The normalized spacial score (nSPS) is 10.3. The Hall–Kier alpha value is -2.21. The highest BCUT2D eigenvalue weighted by atomic mass is 32.1. The number of halogens is 1. The summed E-state index contributed by atoms with van der Waals surface area (Å²) in [5.74, 6) is -1.46. The van der Waals surface area contributed by atoms with Gasteiger partial charge in [0.2, 0.25) is 0 Å². The van der Waals surface area contributed by atoms with Crippen molar-refractivity contribution < 1.29 is 18.7 Å². The molecule has 0 aliphatic rings. The molecular weight excluding hydrogens is 293 g/mol. The molecule has 6 heteroatoms. The molecule has 0 saturated carbocycles. The summed E-state index contributed by atoms with van der Waals surface area (Å²) in [6, 6.07) is 4.00. The Morgan fingerprint density at radius 2 is 1.95 bits per heavy atom. The topological polar surface area (TPSA) is 55.4 Å². The maximum Gasteiger partial charge on any atom is 0.350 e. The van der Waals surface area contributed by atoms with E-state index in [4.69, 9.17) is 0 Å². The van der Waals surface area contributed by atoms with Gasteiger partial charge in [0, 0.05) is 5.56 Å². The molecule has 0 fully saturated rings. The molecule has 21 heavy (non-hydrogen) atoms. The van der Waals surface area contributed by atoms with Crippen molar-refractivity contribution in [1.82, 2.24) is 0 Å². The van der Waals surface area contributed by atoms with Gasteiger partial charge in [-0.2, -0.15) is 0 Å². The Kier molecular flexibility index (Phi) is 4.37. The van der Waals surface area contributed by atoms with Crippen LogP contribution in [0.5, 0.6) is 0 Å². The van der Waals surface area contributed by atoms with Crippen molar-refractivity contribution in [2.24, 2.45) is 0 Å². The average Bonchev–Trinajstić information content (AvgIpc) is 2.82. The van der Waals surface area contributed by atoms with Crippen molar-refractivity contribution in [3.05, 3.63) is 51.0 Å². The molecule has 0 aliphatic carbocycles. The molecule has 1 aromatic carbocycles. The number of hydrogen-bond donors (Lipinski definition) is 1. The van der Waals surface area contributed by atoms with Crippen LogP contribution >= 0.6 is 11.3 Å². The number of ether oxygens (including phenoxy) is 1. The summed E-state index contributed by atoms with van der Waals surface area (Å²) in [5, 5.41) is 4.41. The van der Waals surface area contributed by atoms with Gasteiger partial charge in [-0.25, -0.2) is 9.18 Å². The van der Waals surface area contributed by atoms with Crippen LogP contribution in [0.25, 0.3) is 0 Å². The van der Waals surface area contributed by atoms with Gasteiger partial charge in [0.05, 0.1) is 12.8 Å². The largest absolute Gasteiger partial charge is 0.465 e. The number of thiophene rings is 1. The number of anilines is 1. The van der Waals surface area contributed by atoms with Gasteiger partial charge in [-0.15, -0.1) is 11.3 Å². The first-order valence-electron chi connectivity index (χ1n) is 6.18. The minimum Gasteiger partial charge on any atom is -0.465 e. The van der Waals surface area contributed by atoms with Gasteiger partial charge < -0.3 is 10.1 Å². The van der Waals surface area contributed by atoms with E-state index >= 15 is 0 Å².